The molecule has 15 heavy (non-hydrogen) atoms. The summed E-state index contributed by atoms with van der Waals surface area (Å²) >= 11 is 0. The minimum Gasteiger partial charge on any atom is -0.486 e. The Bertz CT molecular complexity index is 336. The summed E-state index contributed by atoms with van der Waals surface area (Å²) in [6.07, 6.45) is 1.99. The van der Waals surface area contributed by atoms with E-state index in [1.54, 1.807) is 0 Å². The summed E-state index contributed by atoms with van der Waals surface area (Å²) in [6, 6.07) is 6.36. The summed E-state index contributed by atoms with van der Waals surface area (Å²) in [5.41, 5.74) is 6.98. The molecule has 2 N–H and O–H groups in total. The van der Waals surface area contributed by atoms with Crippen LogP contribution < -0.4 is 15.2 Å². The Morgan fingerprint density at radius 3 is 2.73 bits per heavy atom. The van der Waals surface area contributed by atoms with Crippen molar-refractivity contribution in [3.05, 3.63) is 23.8 Å². The van der Waals surface area contributed by atoms with Gasteiger partial charge in [0.25, 0.3) is 0 Å². The van der Waals surface area contributed by atoms with Crippen molar-refractivity contribution in [2.24, 2.45) is 5.73 Å². The van der Waals surface area contributed by atoms with Crippen molar-refractivity contribution in [3.63, 3.8) is 0 Å². The summed E-state index contributed by atoms with van der Waals surface area (Å²) in [5, 5.41) is 0. The number of fused-ring (bicyclic) bond motifs is 1. The van der Waals surface area contributed by atoms with Crippen LogP contribution in [0, 0.1) is 0 Å². The molecule has 0 aromatic heterocycles. The lowest BCUT2D eigenvalue weighted by atomic mass is 10.1. The topological polar surface area (TPSA) is 44.5 Å². The summed E-state index contributed by atoms with van der Waals surface area (Å²) in [5.74, 6) is 1.72. The van der Waals surface area contributed by atoms with Crippen LogP contribution >= 0.6 is 0 Å². The van der Waals surface area contributed by atoms with E-state index in [4.69, 9.17) is 15.2 Å². The first-order valence-electron chi connectivity index (χ1n) is 5.40. The molecular weight excluding hydrogens is 190 g/mol. The second kappa shape index (κ2) is 4.53. The van der Waals surface area contributed by atoms with Crippen molar-refractivity contribution in [2.45, 2.75) is 25.8 Å². The SMILES string of the molecule is CC(N)CCc1ccc2c(c1)OCCO2. The molecule has 0 aliphatic carbocycles. The zero-order valence-electron chi connectivity index (χ0n) is 9.03. The van der Waals surface area contributed by atoms with Crippen LogP contribution in [0.3, 0.4) is 0 Å². The summed E-state index contributed by atoms with van der Waals surface area (Å²) in [6.45, 7) is 3.31. The van der Waals surface area contributed by atoms with E-state index in [1.165, 1.54) is 5.56 Å². The van der Waals surface area contributed by atoms with E-state index in [0.29, 0.717) is 13.2 Å². The van der Waals surface area contributed by atoms with Gasteiger partial charge in [-0.05, 0) is 37.5 Å². The molecular formula is C12H17NO2. The third kappa shape index (κ3) is 2.63. The highest BCUT2D eigenvalue weighted by Gasteiger charge is 2.11. The van der Waals surface area contributed by atoms with Gasteiger partial charge in [0.1, 0.15) is 13.2 Å². The molecule has 82 valence electrons. The largest absolute Gasteiger partial charge is 0.486 e. The van der Waals surface area contributed by atoms with E-state index < -0.39 is 0 Å². The first-order chi connectivity index (χ1) is 7.25. The highest BCUT2D eigenvalue weighted by molar-refractivity contribution is 5.43. The van der Waals surface area contributed by atoms with Crippen LogP contribution in [0.1, 0.15) is 18.9 Å². The fourth-order valence-corrected chi connectivity index (χ4v) is 1.64. The van der Waals surface area contributed by atoms with Crippen molar-refractivity contribution >= 4 is 0 Å². The number of aryl methyl sites for hydroxylation is 1. The van der Waals surface area contributed by atoms with Gasteiger partial charge in [0.2, 0.25) is 0 Å². The zero-order chi connectivity index (χ0) is 10.7. The molecule has 1 unspecified atom stereocenters. The van der Waals surface area contributed by atoms with Gasteiger partial charge in [-0.3, -0.25) is 0 Å². The monoisotopic (exact) mass is 207 g/mol. The average molecular weight is 207 g/mol. The van der Waals surface area contributed by atoms with Crippen LogP contribution in [0.15, 0.2) is 18.2 Å². The van der Waals surface area contributed by atoms with E-state index in [9.17, 15) is 0 Å². The molecule has 3 heteroatoms. The van der Waals surface area contributed by atoms with Gasteiger partial charge in [0.15, 0.2) is 11.5 Å². The number of nitrogens with two attached hydrogens (primary N) is 1. The minimum absolute atomic E-state index is 0.248. The van der Waals surface area contributed by atoms with Crippen molar-refractivity contribution in [1.82, 2.24) is 0 Å². The van der Waals surface area contributed by atoms with E-state index in [-0.39, 0.29) is 6.04 Å². The minimum atomic E-state index is 0.248. The second-order valence-corrected chi connectivity index (χ2v) is 3.99. The number of benzene rings is 1. The predicted molar refractivity (Wildman–Crippen MR) is 59.4 cm³/mol. The van der Waals surface area contributed by atoms with Crippen LogP contribution in [0.5, 0.6) is 11.5 Å². The zero-order valence-corrected chi connectivity index (χ0v) is 9.03. The van der Waals surface area contributed by atoms with E-state index in [0.717, 1.165) is 24.3 Å². The fourth-order valence-electron chi connectivity index (χ4n) is 1.64. The van der Waals surface area contributed by atoms with Gasteiger partial charge in [0.05, 0.1) is 0 Å². The molecule has 1 aliphatic heterocycles. The highest BCUT2D eigenvalue weighted by atomic mass is 16.6. The Morgan fingerprint density at radius 2 is 2.00 bits per heavy atom. The quantitative estimate of drug-likeness (QED) is 0.821. The second-order valence-electron chi connectivity index (χ2n) is 3.99. The fraction of sp³-hybridized carbons (Fsp3) is 0.500. The smallest absolute Gasteiger partial charge is 0.161 e. The van der Waals surface area contributed by atoms with Crippen molar-refractivity contribution in [1.29, 1.82) is 0 Å². The molecule has 2 rings (SSSR count). The molecule has 0 bridgehead atoms. The van der Waals surface area contributed by atoms with Crippen molar-refractivity contribution < 1.29 is 9.47 Å². The van der Waals surface area contributed by atoms with Crippen LogP contribution in [0.4, 0.5) is 0 Å². The molecule has 1 aromatic carbocycles. The number of hydrogen-bond donors (Lipinski definition) is 1. The standard InChI is InChI=1S/C12H17NO2/c1-9(13)2-3-10-4-5-11-12(8-10)15-7-6-14-11/h4-5,8-9H,2-3,6-7,13H2,1H3. The van der Waals surface area contributed by atoms with Gasteiger partial charge in [-0.1, -0.05) is 6.07 Å². The maximum Gasteiger partial charge on any atom is 0.161 e. The van der Waals surface area contributed by atoms with Crippen LogP contribution in [0.25, 0.3) is 0 Å². The Balaban J connectivity index is 2.07. The van der Waals surface area contributed by atoms with E-state index in [2.05, 4.69) is 12.1 Å². The molecule has 0 saturated carbocycles. The third-order valence-electron chi connectivity index (χ3n) is 2.49. The average Bonchev–Trinajstić information content (AvgIpc) is 2.26. The first-order valence-corrected chi connectivity index (χ1v) is 5.40. The molecule has 3 nitrogen and oxygen atoms in total. The van der Waals surface area contributed by atoms with Crippen LogP contribution in [-0.4, -0.2) is 19.3 Å². The Morgan fingerprint density at radius 1 is 1.27 bits per heavy atom. The lowest BCUT2D eigenvalue weighted by molar-refractivity contribution is 0.171. The Kier molecular flexibility index (Phi) is 3.11. The molecule has 0 radical (unpaired) electrons. The van der Waals surface area contributed by atoms with Gasteiger partial charge in [-0.15, -0.1) is 0 Å². The third-order valence-corrected chi connectivity index (χ3v) is 2.49. The summed E-state index contributed by atoms with van der Waals surface area (Å²) in [7, 11) is 0. The summed E-state index contributed by atoms with van der Waals surface area (Å²) < 4.78 is 11.0. The highest BCUT2D eigenvalue weighted by Crippen LogP contribution is 2.31. The van der Waals surface area contributed by atoms with Gasteiger partial charge < -0.3 is 15.2 Å². The van der Waals surface area contributed by atoms with Gasteiger partial charge >= 0.3 is 0 Å². The van der Waals surface area contributed by atoms with Gasteiger partial charge in [-0.25, -0.2) is 0 Å². The Hall–Kier alpha value is -1.22. The van der Waals surface area contributed by atoms with E-state index >= 15 is 0 Å². The maximum absolute atomic E-state index is 5.72. The molecule has 1 atom stereocenters. The first kappa shape index (κ1) is 10.3. The van der Waals surface area contributed by atoms with Crippen molar-refractivity contribution in [3.8, 4) is 11.5 Å². The number of hydrogen-bond acceptors (Lipinski definition) is 3. The van der Waals surface area contributed by atoms with Crippen LogP contribution in [0.2, 0.25) is 0 Å². The molecule has 0 amide bonds. The Labute approximate surface area is 90.2 Å². The lowest BCUT2D eigenvalue weighted by Crippen LogP contribution is -2.16. The molecule has 1 aliphatic rings. The predicted octanol–water partition coefficient (Wildman–Crippen LogP) is 1.74. The van der Waals surface area contributed by atoms with E-state index in [1.807, 2.05) is 13.0 Å². The molecule has 0 saturated heterocycles. The maximum atomic E-state index is 5.72. The summed E-state index contributed by atoms with van der Waals surface area (Å²) in [4.78, 5) is 0. The van der Waals surface area contributed by atoms with Crippen molar-refractivity contribution in [2.75, 3.05) is 13.2 Å². The van der Waals surface area contributed by atoms with Gasteiger partial charge in [-0.2, -0.15) is 0 Å². The number of rotatable bonds is 3. The number of ether oxygens (including phenoxy) is 2. The molecule has 1 aromatic rings. The molecule has 0 fully saturated rings. The molecule has 1 heterocycles. The normalized spacial score (nSPS) is 16.1. The molecule has 0 spiro atoms. The van der Waals surface area contributed by atoms with Gasteiger partial charge in [0, 0.05) is 6.04 Å². The lowest BCUT2D eigenvalue weighted by Gasteiger charge is -2.19. The van der Waals surface area contributed by atoms with Crippen LogP contribution in [-0.2, 0) is 6.42 Å².